The number of nitrogens with zero attached hydrogens (tertiary/aromatic N) is 2. The molecule has 0 radical (unpaired) electrons. The molecule has 2 heteroatoms. The van der Waals surface area contributed by atoms with E-state index in [4.69, 9.17) is 9.97 Å². The molecule has 0 unspecified atom stereocenters. The molecule has 144 valence electrons. The summed E-state index contributed by atoms with van der Waals surface area (Å²) >= 11 is 0. The molecule has 0 bridgehead atoms. The molecule has 6 rings (SSSR count). The maximum Gasteiger partial charge on any atom is 0.126 e. The summed E-state index contributed by atoms with van der Waals surface area (Å²) in [5.74, 6) is 0.822. The number of aromatic nitrogens is 2. The Morgan fingerprint density at radius 2 is 1.30 bits per heavy atom. The zero-order valence-corrected chi connectivity index (χ0v) is 17.4. The van der Waals surface area contributed by atoms with Gasteiger partial charge < -0.3 is 0 Å². The number of aryl methyl sites for hydroxylation is 1. The van der Waals surface area contributed by atoms with Crippen LogP contribution in [0, 0.1) is 6.92 Å². The Kier molecular flexibility index (Phi) is 3.47. The third-order valence-corrected chi connectivity index (χ3v) is 6.46. The Morgan fingerprint density at radius 3 is 2.03 bits per heavy atom. The Bertz CT molecular complexity index is 1480. The number of benzene rings is 4. The monoisotopic (exact) mass is 386 g/mol. The normalized spacial score (nSPS) is 14.1. The highest BCUT2D eigenvalue weighted by Crippen LogP contribution is 2.51. The van der Waals surface area contributed by atoms with Gasteiger partial charge in [-0.3, -0.25) is 0 Å². The van der Waals surface area contributed by atoms with Crippen molar-refractivity contribution in [3.05, 3.63) is 95.9 Å². The van der Waals surface area contributed by atoms with Crippen LogP contribution >= 0.6 is 0 Å². The van der Waals surface area contributed by atoms with Crippen molar-refractivity contribution in [1.82, 2.24) is 9.97 Å². The van der Waals surface area contributed by atoms with Gasteiger partial charge in [-0.05, 0) is 57.8 Å². The molecule has 0 saturated carbocycles. The second-order valence-electron chi connectivity index (χ2n) is 8.77. The highest BCUT2D eigenvalue weighted by atomic mass is 14.9. The maximum absolute atomic E-state index is 4.96. The van der Waals surface area contributed by atoms with Crippen LogP contribution in [-0.4, -0.2) is 9.97 Å². The summed E-state index contributed by atoms with van der Waals surface area (Å²) in [6.07, 6.45) is 0. The number of hydrogen-bond acceptors (Lipinski definition) is 2. The molecule has 0 aliphatic heterocycles. The molecule has 1 heterocycles. The van der Waals surface area contributed by atoms with Gasteiger partial charge in [0, 0.05) is 16.5 Å². The minimum atomic E-state index is -0.159. The second kappa shape index (κ2) is 5.99. The van der Waals surface area contributed by atoms with Gasteiger partial charge in [-0.15, -0.1) is 0 Å². The highest BCUT2D eigenvalue weighted by Gasteiger charge is 2.39. The van der Waals surface area contributed by atoms with E-state index in [2.05, 4.69) is 92.7 Å². The first-order chi connectivity index (χ1) is 14.5. The lowest BCUT2D eigenvalue weighted by atomic mass is 9.84. The van der Waals surface area contributed by atoms with E-state index in [1.165, 1.54) is 38.2 Å². The van der Waals surface area contributed by atoms with Crippen LogP contribution < -0.4 is 0 Å². The van der Waals surface area contributed by atoms with Crippen LogP contribution in [0.3, 0.4) is 0 Å². The third kappa shape index (κ3) is 2.37. The first-order valence-electron chi connectivity index (χ1n) is 10.4. The molecule has 1 aliphatic carbocycles. The van der Waals surface area contributed by atoms with E-state index in [1.807, 2.05) is 6.92 Å². The van der Waals surface area contributed by atoms with Gasteiger partial charge in [-0.1, -0.05) is 74.5 Å². The van der Waals surface area contributed by atoms with E-state index in [1.54, 1.807) is 0 Å². The molecule has 4 aromatic carbocycles. The van der Waals surface area contributed by atoms with Gasteiger partial charge in [0.15, 0.2) is 0 Å². The van der Waals surface area contributed by atoms with Crippen LogP contribution in [0.15, 0.2) is 78.9 Å². The van der Waals surface area contributed by atoms with Crippen molar-refractivity contribution >= 4 is 21.5 Å². The van der Waals surface area contributed by atoms with Gasteiger partial charge in [0.05, 0.1) is 11.4 Å². The van der Waals surface area contributed by atoms with E-state index in [-0.39, 0.29) is 5.41 Å². The average Bonchev–Trinajstić information content (AvgIpc) is 2.98. The molecular weight excluding hydrogens is 364 g/mol. The lowest BCUT2D eigenvalue weighted by Gasteiger charge is -2.21. The molecule has 0 N–H and O–H groups in total. The average molecular weight is 386 g/mol. The van der Waals surface area contributed by atoms with Crippen LogP contribution in [0.1, 0.15) is 30.9 Å². The lowest BCUT2D eigenvalue weighted by molar-refractivity contribution is 0.632. The Morgan fingerprint density at radius 1 is 0.667 bits per heavy atom. The summed E-state index contributed by atoms with van der Waals surface area (Å²) in [7, 11) is 0. The van der Waals surface area contributed by atoms with Crippen molar-refractivity contribution in [2.75, 3.05) is 0 Å². The molecule has 30 heavy (non-hydrogen) atoms. The van der Waals surface area contributed by atoms with Crippen LogP contribution in [-0.2, 0) is 5.41 Å². The summed E-state index contributed by atoms with van der Waals surface area (Å²) in [6, 6.07) is 28.4. The summed E-state index contributed by atoms with van der Waals surface area (Å²) in [5, 5.41) is 5.01. The zero-order valence-electron chi connectivity index (χ0n) is 17.4. The fourth-order valence-electron chi connectivity index (χ4n) is 4.92. The predicted octanol–water partition coefficient (Wildman–Crippen LogP) is 7.06. The minimum Gasteiger partial charge on any atom is -0.237 e. The number of rotatable bonds is 1. The second-order valence-corrected chi connectivity index (χ2v) is 8.77. The zero-order chi connectivity index (χ0) is 20.5. The van der Waals surface area contributed by atoms with Crippen molar-refractivity contribution in [3.8, 4) is 22.4 Å². The van der Waals surface area contributed by atoms with Gasteiger partial charge in [-0.2, -0.15) is 0 Å². The molecule has 0 saturated heterocycles. The standard InChI is InChI=1S/C28H22N2/c1-17-29-26(22-13-12-18-8-4-5-9-19(18)14-22)25-23-15-20-10-6-7-11-21(20)16-24(23)28(2,3)27(25)30-17/h4-16H,1-3H3. The van der Waals surface area contributed by atoms with Crippen molar-refractivity contribution in [2.45, 2.75) is 26.2 Å². The molecule has 0 atom stereocenters. The molecule has 0 spiro atoms. The molecule has 1 aromatic heterocycles. The largest absolute Gasteiger partial charge is 0.237 e. The quantitative estimate of drug-likeness (QED) is 0.308. The van der Waals surface area contributed by atoms with E-state index in [9.17, 15) is 0 Å². The Balaban J connectivity index is 1.70. The van der Waals surface area contributed by atoms with Gasteiger partial charge in [-0.25, -0.2) is 9.97 Å². The molecular formula is C28H22N2. The van der Waals surface area contributed by atoms with Gasteiger partial charge in [0.2, 0.25) is 0 Å². The van der Waals surface area contributed by atoms with Crippen molar-refractivity contribution in [2.24, 2.45) is 0 Å². The molecule has 0 fully saturated rings. The molecule has 5 aromatic rings. The predicted molar refractivity (Wildman–Crippen MR) is 125 cm³/mol. The van der Waals surface area contributed by atoms with E-state index < -0.39 is 0 Å². The molecule has 0 amide bonds. The third-order valence-electron chi connectivity index (χ3n) is 6.46. The summed E-state index contributed by atoms with van der Waals surface area (Å²) < 4.78 is 0. The highest BCUT2D eigenvalue weighted by molar-refractivity contribution is 5.98. The lowest BCUT2D eigenvalue weighted by Crippen LogP contribution is -2.17. The van der Waals surface area contributed by atoms with Gasteiger partial charge in [0.25, 0.3) is 0 Å². The van der Waals surface area contributed by atoms with Crippen LogP contribution in [0.4, 0.5) is 0 Å². The fourth-order valence-corrected chi connectivity index (χ4v) is 4.92. The maximum atomic E-state index is 4.96. The van der Waals surface area contributed by atoms with Crippen LogP contribution in [0.25, 0.3) is 43.9 Å². The summed E-state index contributed by atoms with van der Waals surface area (Å²) in [6.45, 7) is 6.56. The van der Waals surface area contributed by atoms with Crippen LogP contribution in [0.2, 0.25) is 0 Å². The van der Waals surface area contributed by atoms with E-state index >= 15 is 0 Å². The summed E-state index contributed by atoms with van der Waals surface area (Å²) in [5.41, 5.74) is 6.92. The minimum absolute atomic E-state index is 0.159. The van der Waals surface area contributed by atoms with Gasteiger partial charge >= 0.3 is 0 Å². The van der Waals surface area contributed by atoms with Crippen molar-refractivity contribution in [1.29, 1.82) is 0 Å². The Hall–Kier alpha value is -3.52. The Labute approximate surface area is 176 Å². The number of hydrogen-bond donors (Lipinski definition) is 0. The first-order valence-corrected chi connectivity index (χ1v) is 10.4. The SMILES string of the molecule is Cc1nc(-c2ccc3ccccc3c2)c2c(n1)C(C)(C)c1cc3ccccc3cc1-2. The molecule has 2 nitrogen and oxygen atoms in total. The first kappa shape index (κ1) is 17.3. The van der Waals surface area contributed by atoms with E-state index in [0.29, 0.717) is 0 Å². The van der Waals surface area contributed by atoms with E-state index in [0.717, 1.165) is 22.8 Å². The van der Waals surface area contributed by atoms with Crippen molar-refractivity contribution in [3.63, 3.8) is 0 Å². The topological polar surface area (TPSA) is 25.8 Å². The van der Waals surface area contributed by atoms with Crippen LogP contribution in [0.5, 0.6) is 0 Å². The summed E-state index contributed by atoms with van der Waals surface area (Å²) in [4.78, 5) is 9.90. The smallest absolute Gasteiger partial charge is 0.126 e. The fraction of sp³-hybridized carbons (Fsp3) is 0.143. The number of fused-ring (bicyclic) bond motifs is 5. The van der Waals surface area contributed by atoms with Gasteiger partial charge in [0.1, 0.15) is 5.82 Å². The van der Waals surface area contributed by atoms with Crippen molar-refractivity contribution < 1.29 is 0 Å². The molecule has 1 aliphatic rings.